The van der Waals surface area contributed by atoms with Gasteiger partial charge in [-0.1, -0.05) is 12.1 Å². The summed E-state index contributed by atoms with van der Waals surface area (Å²) in [6.07, 6.45) is 5.19. The molecule has 1 amide bonds. The lowest BCUT2D eigenvalue weighted by molar-refractivity contribution is -0.148. The van der Waals surface area contributed by atoms with Gasteiger partial charge in [0.2, 0.25) is 17.7 Å². The monoisotopic (exact) mass is 456 g/mol. The maximum Gasteiger partial charge on any atom is 0.229 e. The second-order valence-electron chi connectivity index (χ2n) is 9.38. The van der Waals surface area contributed by atoms with E-state index in [4.69, 9.17) is 4.42 Å². The van der Waals surface area contributed by atoms with Crippen molar-refractivity contribution in [3.63, 3.8) is 0 Å². The molecule has 4 heterocycles. The van der Waals surface area contributed by atoms with Crippen molar-refractivity contribution in [3.8, 4) is 17.5 Å². The number of hydrogen-bond acceptors (Lipinski definition) is 7. The van der Waals surface area contributed by atoms with Crippen molar-refractivity contribution in [1.82, 2.24) is 19.9 Å². The molecule has 0 radical (unpaired) electrons. The summed E-state index contributed by atoms with van der Waals surface area (Å²) in [5.74, 6) is 2.22. The van der Waals surface area contributed by atoms with Gasteiger partial charge in [-0.15, -0.1) is 0 Å². The molecule has 0 aliphatic carbocycles. The molecule has 1 aromatic carbocycles. The van der Waals surface area contributed by atoms with Crippen LogP contribution in [0.1, 0.15) is 48.4 Å². The van der Waals surface area contributed by atoms with Gasteiger partial charge in [-0.3, -0.25) is 4.79 Å². The van der Waals surface area contributed by atoms with Gasteiger partial charge in [0.25, 0.3) is 0 Å². The smallest absolute Gasteiger partial charge is 0.229 e. The number of carbonyl (C=O) groups is 1. The number of hydrogen-bond donors (Lipinski definition) is 0. The summed E-state index contributed by atoms with van der Waals surface area (Å²) in [6, 6.07) is 11.9. The highest BCUT2D eigenvalue weighted by molar-refractivity contribution is 5.84. The molecule has 0 atom stereocenters. The van der Waals surface area contributed by atoms with Crippen molar-refractivity contribution in [2.75, 3.05) is 24.5 Å². The fourth-order valence-corrected chi connectivity index (χ4v) is 5.16. The van der Waals surface area contributed by atoms with Crippen LogP contribution in [-0.4, -0.2) is 45.4 Å². The summed E-state index contributed by atoms with van der Waals surface area (Å²) in [6.45, 7) is 6.55. The number of nitriles is 1. The van der Waals surface area contributed by atoms with E-state index in [0.29, 0.717) is 37.2 Å². The molecule has 0 unspecified atom stereocenters. The number of carbonyl (C=O) groups excluding carboxylic acids is 1. The van der Waals surface area contributed by atoms with Gasteiger partial charge in [0.15, 0.2) is 0 Å². The van der Waals surface area contributed by atoms with Crippen LogP contribution in [-0.2, 0) is 11.3 Å². The Hall–Kier alpha value is -3.73. The normalized spacial score (nSPS) is 17.7. The molecular formula is C26H28N6O2. The number of aromatic nitrogens is 3. The molecule has 0 saturated carbocycles. The molecule has 34 heavy (non-hydrogen) atoms. The Balaban J connectivity index is 1.28. The topological polar surface area (TPSA) is 99.1 Å². The molecule has 3 aromatic rings. The highest BCUT2D eigenvalue weighted by Gasteiger charge is 2.45. The van der Waals surface area contributed by atoms with Crippen LogP contribution >= 0.6 is 0 Å². The Labute approximate surface area is 199 Å². The van der Waals surface area contributed by atoms with Gasteiger partial charge in [-0.05, 0) is 63.3 Å². The van der Waals surface area contributed by atoms with Crippen molar-refractivity contribution >= 4 is 11.9 Å². The van der Waals surface area contributed by atoms with E-state index in [1.54, 1.807) is 12.3 Å². The lowest BCUT2D eigenvalue weighted by atomic mass is 9.71. The molecule has 2 aromatic heterocycles. The first-order valence-electron chi connectivity index (χ1n) is 11.8. The molecule has 2 aliphatic rings. The molecule has 2 aliphatic heterocycles. The van der Waals surface area contributed by atoms with Crippen LogP contribution in [0, 0.1) is 30.6 Å². The van der Waals surface area contributed by atoms with Crippen LogP contribution in [0.4, 0.5) is 5.95 Å². The molecule has 8 heteroatoms. The summed E-state index contributed by atoms with van der Waals surface area (Å²) in [5.41, 5.74) is 2.84. The summed E-state index contributed by atoms with van der Waals surface area (Å²) in [7, 11) is 0. The highest BCUT2D eigenvalue weighted by Crippen LogP contribution is 2.42. The first kappa shape index (κ1) is 22.1. The number of anilines is 1. The SMILES string of the molecule is Cc1cc(C#N)nc(N2CCC3(CCCN(Cc4cccc(-c5ncc(C)o5)c4)C3=O)CC2)n1. The Morgan fingerprint density at radius 3 is 2.68 bits per heavy atom. The predicted octanol–water partition coefficient (Wildman–Crippen LogP) is 4.03. The third-order valence-electron chi connectivity index (χ3n) is 6.95. The second-order valence-corrected chi connectivity index (χ2v) is 9.38. The fraction of sp³-hybridized carbons (Fsp3) is 0.423. The van der Waals surface area contributed by atoms with Crippen molar-refractivity contribution in [3.05, 3.63) is 59.2 Å². The Morgan fingerprint density at radius 2 is 1.94 bits per heavy atom. The lowest BCUT2D eigenvalue weighted by Crippen LogP contribution is -2.53. The van der Waals surface area contributed by atoms with E-state index in [-0.39, 0.29) is 11.3 Å². The van der Waals surface area contributed by atoms with Crippen LogP contribution in [0.3, 0.4) is 0 Å². The number of amides is 1. The molecular weight excluding hydrogens is 428 g/mol. The molecule has 0 bridgehead atoms. The van der Waals surface area contributed by atoms with E-state index in [0.717, 1.165) is 54.8 Å². The predicted molar refractivity (Wildman–Crippen MR) is 127 cm³/mol. The van der Waals surface area contributed by atoms with Crippen LogP contribution in [0.5, 0.6) is 0 Å². The van der Waals surface area contributed by atoms with Gasteiger partial charge in [-0.2, -0.15) is 5.26 Å². The number of rotatable bonds is 4. The zero-order valence-electron chi connectivity index (χ0n) is 19.6. The maximum absolute atomic E-state index is 13.7. The second kappa shape index (κ2) is 8.90. The molecule has 2 saturated heterocycles. The molecule has 174 valence electrons. The minimum atomic E-state index is -0.325. The molecule has 8 nitrogen and oxygen atoms in total. The van der Waals surface area contributed by atoms with Crippen LogP contribution < -0.4 is 4.90 Å². The average Bonchev–Trinajstić information content (AvgIpc) is 3.29. The Morgan fingerprint density at radius 1 is 1.12 bits per heavy atom. The van der Waals surface area contributed by atoms with Gasteiger partial charge >= 0.3 is 0 Å². The maximum atomic E-state index is 13.7. The molecule has 2 fully saturated rings. The lowest BCUT2D eigenvalue weighted by Gasteiger charge is -2.46. The zero-order chi connectivity index (χ0) is 23.7. The van der Waals surface area contributed by atoms with E-state index >= 15 is 0 Å². The van der Waals surface area contributed by atoms with Crippen molar-refractivity contribution < 1.29 is 9.21 Å². The van der Waals surface area contributed by atoms with Crippen LogP contribution in [0.15, 0.2) is 40.9 Å². The highest BCUT2D eigenvalue weighted by atomic mass is 16.4. The quantitative estimate of drug-likeness (QED) is 0.584. The minimum absolute atomic E-state index is 0.249. The first-order valence-corrected chi connectivity index (χ1v) is 11.8. The summed E-state index contributed by atoms with van der Waals surface area (Å²) < 4.78 is 5.67. The van der Waals surface area contributed by atoms with Gasteiger partial charge < -0.3 is 14.2 Å². The van der Waals surface area contributed by atoms with E-state index in [2.05, 4.69) is 38.1 Å². The standard InChI is InChI=1S/C26H28N6O2/c1-18-13-22(15-27)30-25(29-18)31-11-8-26(9-12-31)7-4-10-32(24(26)33)17-20-5-3-6-21(14-20)23-28-16-19(2)34-23/h3,5-6,13-14,16H,4,7-12,17H2,1-2H3. The summed E-state index contributed by atoms with van der Waals surface area (Å²) >= 11 is 0. The largest absolute Gasteiger partial charge is 0.441 e. The molecule has 1 spiro atoms. The van der Waals surface area contributed by atoms with Gasteiger partial charge in [0.1, 0.15) is 17.5 Å². The molecule has 5 rings (SSSR count). The summed E-state index contributed by atoms with van der Waals surface area (Å²) in [4.78, 5) is 31.0. The van der Waals surface area contributed by atoms with E-state index < -0.39 is 0 Å². The minimum Gasteiger partial charge on any atom is -0.441 e. The average molecular weight is 457 g/mol. The third kappa shape index (κ3) is 4.26. The van der Waals surface area contributed by atoms with Crippen molar-refractivity contribution in [1.29, 1.82) is 5.26 Å². The summed E-state index contributed by atoms with van der Waals surface area (Å²) in [5, 5.41) is 9.23. The number of oxazole rings is 1. The van der Waals surface area contributed by atoms with Crippen LogP contribution in [0.2, 0.25) is 0 Å². The Kier molecular flexibility index (Phi) is 5.78. The van der Waals surface area contributed by atoms with Crippen molar-refractivity contribution in [2.24, 2.45) is 5.41 Å². The van der Waals surface area contributed by atoms with Crippen molar-refractivity contribution in [2.45, 2.75) is 46.1 Å². The number of piperidine rings is 2. The first-order chi connectivity index (χ1) is 16.5. The number of aryl methyl sites for hydroxylation is 2. The third-order valence-corrected chi connectivity index (χ3v) is 6.95. The van der Waals surface area contributed by atoms with E-state index in [1.165, 1.54) is 0 Å². The number of nitrogens with zero attached hydrogens (tertiary/aromatic N) is 6. The fourth-order valence-electron chi connectivity index (χ4n) is 5.16. The van der Waals surface area contributed by atoms with Gasteiger partial charge in [0, 0.05) is 37.4 Å². The van der Waals surface area contributed by atoms with Crippen LogP contribution in [0.25, 0.3) is 11.5 Å². The number of benzene rings is 1. The zero-order valence-corrected chi connectivity index (χ0v) is 19.6. The van der Waals surface area contributed by atoms with E-state index in [9.17, 15) is 10.1 Å². The van der Waals surface area contributed by atoms with E-state index in [1.807, 2.05) is 30.9 Å². The Bertz CT molecular complexity index is 1250. The number of likely N-dealkylation sites (tertiary alicyclic amines) is 1. The van der Waals surface area contributed by atoms with Gasteiger partial charge in [0.05, 0.1) is 11.6 Å². The van der Waals surface area contributed by atoms with Gasteiger partial charge in [-0.25, -0.2) is 15.0 Å². The molecule has 0 N–H and O–H groups in total.